The van der Waals surface area contributed by atoms with Crippen molar-refractivity contribution in [2.45, 2.75) is 18.2 Å². The first-order chi connectivity index (χ1) is 15.8. The summed E-state index contributed by atoms with van der Waals surface area (Å²) in [6.45, 7) is 1.77. The topological polar surface area (TPSA) is 84.9 Å². The molecule has 3 rings (SSSR count). The fraction of sp³-hybridized carbons (Fsp3) is 0.240. The molecule has 0 atom stereocenters. The van der Waals surface area contributed by atoms with Gasteiger partial charge in [0, 0.05) is 18.3 Å². The van der Waals surface area contributed by atoms with Crippen LogP contribution in [-0.4, -0.2) is 45.9 Å². The summed E-state index contributed by atoms with van der Waals surface area (Å²) in [7, 11) is -1.07. The molecule has 0 fully saturated rings. The Bertz CT molecular complexity index is 1180. The summed E-state index contributed by atoms with van der Waals surface area (Å²) >= 11 is 0. The van der Waals surface area contributed by atoms with Crippen LogP contribution >= 0.6 is 0 Å². The Balaban J connectivity index is 1.86. The standard InChI is InChI=1S/C25H28N2O5S/c1-19-9-11-21(12-10-19)26-25(28)18-27(16-15-20-7-5-4-6-8-20)33(29,30)22-13-14-23(31-2)24(17-22)32-3/h4-14,17H,15-16,18H2,1-3H3,(H,26,28). The second kappa shape index (κ2) is 11.0. The molecule has 7 nitrogen and oxygen atoms in total. The molecule has 0 bridgehead atoms. The molecule has 0 heterocycles. The fourth-order valence-corrected chi connectivity index (χ4v) is 4.72. The lowest BCUT2D eigenvalue weighted by Crippen LogP contribution is -2.39. The summed E-state index contributed by atoms with van der Waals surface area (Å²) in [6.07, 6.45) is 0.463. The Morgan fingerprint density at radius 2 is 1.58 bits per heavy atom. The molecule has 0 aromatic heterocycles. The second-order valence-corrected chi connectivity index (χ2v) is 9.44. The highest BCUT2D eigenvalue weighted by molar-refractivity contribution is 7.89. The average Bonchev–Trinajstić information content (AvgIpc) is 2.83. The van der Waals surface area contributed by atoms with Crippen molar-refractivity contribution < 1.29 is 22.7 Å². The lowest BCUT2D eigenvalue weighted by Gasteiger charge is -2.22. The van der Waals surface area contributed by atoms with Gasteiger partial charge in [-0.05, 0) is 43.2 Å². The van der Waals surface area contributed by atoms with Gasteiger partial charge in [-0.15, -0.1) is 0 Å². The summed E-state index contributed by atoms with van der Waals surface area (Å²) in [5.41, 5.74) is 2.65. The van der Waals surface area contributed by atoms with E-state index in [0.29, 0.717) is 23.6 Å². The molecule has 0 saturated carbocycles. The van der Waals surface area contributed by atoms with Gasteiger partial charge < -0.3 is 14.8 Å². The van der Waals surface area contributed by atoms with Crippen molar-refractivity contribution in [2.24, 2.45) is 0 Å². The van der Waals surface area contributed by atoms with E-state index in [4.69, 9.17) is 9.47 Å². The van der Waals surface area contributed by atoms with Crippen molar-refractivity contribution in [1.82, 2.24) is 4.31 Å². The number of aryl methyl sites for hydroxylation is 1. The summed E-state index contributed by atoms with van der Waals surface area (Å²) in [4.78, 5) is 12.8. The van der Waals surface area contributed by atoms with Crippen LogP contribution in [0.4, 0.5) is 5.69 Å². The van der Waals surface area contributed by atoms with Gasteiger partial charge in [0.25, 0.3) is 0 Å². The van der Waals surface area contributed by atoms with Crippen LogP contribution < -0.4 is 14.8 Å². The zero-order chi connectivity index (χ0) is 23.8. The van der Waals surface area contributed by atoms with Gasteiger partial charge in [0.1, 0.15) is 0 Å². The Hall–Kier alpha value is -3.36. The number of rotatable bonds is 10. The molecule has 0 radical (unpaired) electrons. The molecule has 3 aromatic rings. The van der Waals surface area contributed by atoms with Crippen LogP contribution in [0.5, 0.6) is 11.5 Å². The molecule has 0 unspecified atom stereocenters. The minimum atomic E-state index is -3.99. The highest BCUT2D eigenvalue weighted by Gasteiger charge is 2.27. The summed E-state index contributed by atoms with van der Waals surface area (Å²) in [5, 5.41) is 2.77. The van der Waals surface area contributed by atoms with Gasteiger partial charge in [-0.1, -0.05) is 48.0 Å². The van der Waals surface area contributed by atoms with Crippen molar-refractivity contribution in [2.75, 3.05) is 32.6 Å². The van der Waals surface area contributed by atoms with Crippen LogP contribution in [0.15, 0.2) is 77.7 Å². The Labute approximate surface area is 195 Å². The molecule has 0 spiro atoms. The Kier molecular flexibility index (Phi) is 8.08. The molecule has 0 saturated heterocycles. The maximum absolute atomic E-state index is 13.5. The minimum absolute atomic E-state index is 0.0244. The van der Waals surface area contributed by atoms with E-state index in [0.717, 1.165) is 11.1 Å². The van der Waals surface area contributed by atoms with Gasteiger partial charge in [-0.2, -0.15) is 4.31 Å². The monoisotopic (exact) mass is 468 g/mol. The van der Waals surface area contributed by atoms with Crippen LogP contribution in [0.3, 0.4) is 0 Å². The quantitative estimate of drug-likeness (QED) is 0.488. The number of nitrogens with one attached hydrogen (secondary N) is 1. The van der Waals surface area contributed by atoms with E-state index in [9.17, 15) is 13.2 Å². The van der Waals surface area contributed by atoms with E-state index < -0.39 is 15.9 Å². The van der Waals surface area contributed by atoms with Gasteiger partial charge in [-0.25, -0.2) is 8.42 Å². The molecular formula is C25H28N2O5S. The first-order valence-electron chi connectivity index (χ1n) is 10.5. The first kappa shape index (κ1) is 24.3. The minimum Gasteiger partial charge on any atom is -0.493 e. The van der Waals surface area contributed by atoms with Crippen molar-refractivity contribution in [3.05, 3.63) is 83.9 Å². The van der Waals surface area contributed by atoms with E-state index in [-0.39, 0.29) is 18.0 Å². The van der Waals surface area contributed by atoms with Gasteiger partial charge in [0.05, 0.1) is 25.7 Å². The van der Waals surface area contributed by atoms with E-state index in [2.05, 4.69) is 5.32 Å². The van der Waals surface area contributed by atoms with Crippen LogP contribution in [-0.2, 0) is 21.2 Å². The molecule has 3 aromatic carbocycles. The number of hydrogen-bond acceptors (Lipinski definition) is 5. The highest BCUT2D eigenvalue weighted by atomic mass is 32.2. The number of anilines is 1. The van der Waals surface area contributed by atoms with E-state index in [1.165, 1.54) is 36.7 Å². The van der Waals surface area contributed by atoms with E-state index in [1.54, 1.807) is 12.1 Å². The molecular weight excluding hydrogens is 440 g/mol. The predicted molar refractivity (Wildman–Crippen MR) is 128 cm³/mol. The molecule has 0 aliphatic heterocycles. The molecule has 0 aliphatic rings. The summed E-state index contributed by atoms with van der Waals surface area (Å²) < 4.78 is 38.7. The lowest BCUT2D eigenvalue weighted by molar-refractivity contribution is -0.116. The van der Waals surface area contributed by atoms with Gasteiger partial charge in [0.15, 0.2) is 11.5 Å². The van der Waals surface area contributed by atoms with Crippen LogP contribution in [0, 0.1) is 6.92 Å². The maximum Gasteiger partial charge on any atom is 0.243 e. The third-order valence-corrected chi connectivity index (χ3v) is 6.98. The first-order valence-corrected chi connectivity index (χ1v) is 11.9. The number of benzene rings is 3. The summed E-state index contributed by atoms with van der Waals surface area (Å²) in [5.74, 6) is 0.297. The smallest absolute Gasteiger partial charge is 0.243 e. The zero-order valence-electron chi connectivity index (χ0n) is 18.9. The number of nitrogens with zero attached hydrogens (tertiary/aromatic N) is 1. The number of ether oxygens (including phenoxy) is 2. The normalized spacial score (nSPS) is 11.3. The Morgan fingerprint density at radius 3 is 2.21 bits per heavy atom. The number of amides is 1. The molecule has 1 amide bonds. The van der Waals surface area contributed by atoms with Crippen molar-refractivity contribution >= 4 is 21.6 Å². The van der Waals surface area contributed by atoms with E-state index in [1.807, 2.05) is 49.4 Å². The predicted octanol–water partition coefficient (Wildman–Crippen LogP) is 3.88. The van der Waals surface area contributed by atoms with Gasteiger partial charge in [0.2, 0.25) is 15.9 Å². The Morgan fingerprint density at radius 1 is 0.909 bits per heavy atom. The lowest BCUT2D eigenvalue weighted by atomic mass is 10.1. The molecule has 174 valence electrons. The number of methoxy groups -OCH3 is 2. The largest absolute Gasteiger partial charge is 0.493 e. The number of carbonyl (C=O) groups is 1. The second-order valence-electron chi connectivity index (χ2n) is 7.51. The van der Waals surface area contributed by atoms with E-state index >= 15 is 0 Å². The number of carbonyl (C=O) groups excluding carboxylic acids is 1. The molecule has 8 heteroatoms. The third kappa shape index (κ3) is 6.34. The van der Waals surface area contributed by atoms with Crippen LogP contribution in [0.1, 0.15) is 11.1 Å². The van der Waals surface area contributed by atoms with Gasteiger partial charge in [-0.3, -0.25) is 4.79 Å². The number of sulfonamides is 1. The highest BCUT2D eigenvalue weighted by Crippen LogP contribution is 2.30. The van der Waals surface area contributed by atoms with Gasteiger partial charge >= 0.3 is 0 Å². The SMILES string of the molecule is COc1ccc(S(=O)(=O)N(CCc2ccccc2)CC(=O)Nc2ccc(C)cc2)cc1OC. The molecule has 1 N–H and O–H groups in total. The fourth-order valence-electron chi connectivity index (χ4n) is 3.31. The summed E-state index contributed by atoms with van der Waals surface area (Å²) in [6, 6.07) is 21.2. The van der Waals surface area contributed by atoms with Crippen molar-refractivity contribution in [3.63, 3.8) is 0 Å². The zero-order valence-corrected chi connectivity index (χ0v) is 19.8. The molecule has 0 aliphatic carbocycles. The maximum atomic E-state index is 13.5. The van der Waals surface area contributed by atoms with Crippen molar-refractivity contribution in [1.29, 1.82) is 0 Å². The third-order valence-electron chi connectivity index (χ3n) is 5.14. The van der Waals surface area contributed by atoms with Crippen LogP contribution in [0.2, 0.25) is 0 Å². The molecule has 33 heavy (non-hydrogen) atoms. The number of hydrogen-bond donors (Lipinski definition) is 1. The average molecular weight is 469 g/mol. The van der Waals surface area contributed by atoms with Crippen molar-refractivity contribution in [3.8, 4) is 11.5 Å². The van der Waals surface area contributed by atoms with Crippen LogP contribution in [0.25, 0.3) is 0 Å².